The van der Waals surface area contributed by atoms with Crippen molar-refractivity contribution >= 4 is 11.7 Å². The number of carbonyl (C=O) groups is 1. The molecule has 1 aromatic carbocycles. The van der Waals surface area contributed by atoms with E-state index in [0.29, 0.717) is 25.9 Å². The van der Waals surface area contributed by atoms with Crippen molar-refractivity contribution in [2.24, 2.45) is 0 Å². The summed E-state index contributed by atoms with van der Waals surface area (Å²) in [6.45, 7) is 1.46. The molecule has 1 aliphatic rings. The Bertz CT molecular complexity index is 777. The van der Waals surface area contributed by atoms with E-state index in [4.69, 9.17) is 5.73 Å². The fraction of sp³-hybridized carbons (Fsp3) is 0.353. The lowest BCUT2D eigenvalue weighted by Crippen LogP contribution is -2.48. The van der Waals surface area contributed by atoms with Gasteiger partial charge >= 0.3 is 0 Å². The minimum atomic E-state index is -0.690. The van der Waals surface area contributed by atoms with E-state index < -0.39 is 23.0 Å². The van der Waals surface area contributed by atoms with Crippen LogP contribution in [0.5, 0.6) is 0 Å². The van der Waals surface area contributed by atoms with Crippen LogP contribution < -0.4 is 16.4 Å². The molecule has 6 nitrogen and oxygen atoms in total. The third-order valence-corrected chi connectivity index (χ3v) is 4.59. The van der Waals surface area contributed by atoms with Crippen LogP contribution in [-0.2, 0) is 5.41 Å². The molecule has 2 aromatic rings. The summed E-state index contributed by atoms with van der Waals surface area (Å²) >= 11 is 0. The highest BCUT2D eigenvalue weighted by Gasteiger charge is 2.37. The minimum absolute atomic E-state index is 0.0197. The summed E-state index contributed by atoms with van der Waals surface area (Å²) in [4.78, 5) is 20.1. The number of halogens is 2. The molecule has 2 heterocycles. The number of nitrogens with zero attached hydrogens (tertiary/aromatic N) is 2. The molecule has 0 saturated carbocycles. The first-order valence-corrected chi connectivity index (χ1v) is 8.03. The van der Waals surface area contributed by atoms with Gasteiger partial charge < -0.3 is 16.4 Å². The second-order valence-corrected chi connectivity index (χ2v) is 6.13. The fourth-order valence-electron chi connectivity index (χ4n) is 3.21. The van der Waals surface area contributed by atoms with Gasteiger partial charge in [-0.05, 0) is 49.7 Å². The highest BCUT2D eigenvalue weighted by atomic mass is 19.1. The molecule has 1 aromatic heterocycles. The van der Waals surface area contributed by atoms with Crippen LogP contribution in [0.3, 0.4) is 0 Å². The van der Waals surface area contributed by atoms with Gasteiger partial charge in [0, 0.05) is 24.4 Å². The maximum absolute atomic E-state index is 14.4. The van der Waals surface area contributed by atoms with Crippen molar-refractivity contribution in [2.75, 3.05) is 25.4 Å². The van der Waals surface area contributed by atoms with E-state index in [1.807, 2.05) is 0 Å². The predicted octanol–water partition coefficient (Wildman–Crippen LogP) is 1.39. The van der Waals surface area contributed by atoms with E-state index in [-0.39, 0.29) is 23.6 Å². The quantitative estimate of drug-likeness (QED) is 0.777. The third kappa shape index (κ3) is 3.58. The van der Waals surface area contributed by atoms with Crippen LogP contribution in [-0.4, -0.2) is 35.5 Å². The average molecular weight is 347 g/mol. The number of anilines is 1. The van der Waals surface area contributed by atoms with Crippen LogP contribution in [0.4, 0.5) is 14.6 Å². The van der Waals surface area contributed by atoms with Crippen molar-refractivity contribution in [3.05, 3.63) is 53.5 Å². The maximum Gasteiger partial charge on any atom is 0.273 e. The molecule has 3 rings (SSSR count). The standard InChI is InChI=1S/C17H19F2N5O/c18-11-1-2-13(19)12(9-11)17(3-5-21-6-4-17)10-24-16(25)14-15(20)23-8-7-22-14/h1-2,7-9,21H,3-6,10H2,(H2,20,23)(H,24,25). The van der Waals surface area contributed by atoms with Gasteiger partial charge in [-0.1, -0.05) is 0 Å². The zero-order chi connectivity index (χ0) is 17.9. The normalized spacial score (nSPS) is 16.4. The second-order valence-electron chi connectivity index (χ2n) is 6.13. The van der Waals surface area contributed by atoms with Gasteiger partial charge in [-0.3, -0.25) is 4.79 Å². The zero-order valence-corrected chi connectivity index (χ0v) is 13.6. The number of hydrogen-bond acceptors (Lipinski definition) is 5. The number of piperidine rings is 1. The number of benzene rings is 1. The van der Waals surface area contributed by atoms with Crippen molar-refractivity contribution in [3.63, 3.8) is 0 Å². The van der Waals surface area contributed by atoms with Gasteiger partial charge in [0.15, 0.2) is 11.5 Å². The highest BCUT2D eigenvalue weighted by Crippen LogP contribution is 2.35. The molecule has 1 aliphatic heterocycles. The van der Waals surface area contributed by atoms with E-state index in [1.165, 1.54) is 18.5 Å². The number of amides is 1. The van der Waals surface area contributed by atoms with E-state index >= 15 is 0 Å². The Balaban J connectivity index is 1.86. The Hall–Kier alpha value is -2.61. The van der Waals surface area contributed by atoms with E-state index in [2.05, 4.69) is 20.6 Å². The highest BCUT2D eigenvalue weighted by molar-refractivity contribution is 5.96. The van der Waals surface area contributed by atoms with Crippen LogP contribution >= 0.6 is 0 Å². The van der Waals surface area contributed by atoms with Crippen molar-refractivity contribution in [3.8, 4) is 0 Å². The Morgan fingerprint density at radius 1 is 1.24 bits per heavy atom. The SMILES string of the molecule is Nc1nccnc1C(=O)NCC1(c2cc(F)ccc2F)CCNCC1. The molecule has 4 N–H and O–H groups in total. The monoisotopic (exact) mass is 347 g/mol. The fourth-order valence-corrected chi connectivity index (χ4v) is 3.21. The lowest BCUT2D eigenvalue weighted by Gasteiger charge is -2.38. The molecule has 8 heteroatoms. The molecule has 25 heavy (non-hydrogen) atoms. The molecule has 1 amide bonds. The Kier molecular flexibility index (Phi) is 4.89. The minimum Gasteiger partial charge on any atom is -0.382 e. The van der Waals surface area contributed by atoms with Crippen LogP contribution in [0, 0.1) is 11.6 Å². The topological polar surface area (TPSA) is 92.9 Å². The first-order valence-electron chi connectivity index (χ1n) is 8.03. The molecule has 1 fully saturated rings. The van der Waals surface area contributed by atoms with Crippen molar-refractivity contribution in [1.29, 1.82) is 0 Å². The van der Waals surface area contributed by atoms with Gasteiger partial charge in [0.05, 0.1) is 0 Å². The van der Waals surface area contributed by atoms with Crippen LogP contribution in [0.15, 0.2) is 30.6 Å². The number of carbonyl (C=O) groups excluding carboxylic acids is 1. The lowest BCUT2D eigenvalue weighted by molar-refractivity contribution is 0.0932. The lowest BCUT2D eigenvalue weighted by atomic mass is 9.72. The van der Waals surface area contributed by atoms with Crippen LogP contribution in [0.2, 0.25) is 0 Å². The first-order chi connectivity index (χ1) is 12.0. The molecular formula is C17H19F2N5O. The summed E-state index contributed by atoms with van der Waals surface area (Å²) < 4.78 is 28.1. The number of hydrogen-bond donors (Lipinski definition) is 3. The number of nitrogens with two attached hydrogens (primary N) is 1. The predicted molar refractivity (Wildman–Crippen MR) is 88.9 cm³/mol. The molecule has 132 valence electrons. The number of rotatable bonds is 4. The summed E-state index contributed by atoms with van der Waals surface area (Å²) in [5.41, 5.74) is 5.27. The molecule has 0 unspecified atom stereocenters. The van der Waals surface area contributed by atoms with E-state index in [0.717, 1.165) is 12.1 Å². The van der Waals surface area contributed by atoms with Gasteiger partial charge in [0.25, 0.3) is 5.91 Å². The summed E-state index contributed by atoms with van der Waals surface area (Å²) in [7, 11) is 0. The van der Waals surface area contributed by atoms with Crippen molar-refractivity contribution in [1.82, 2.24) is 20.6 Å². The number of nitrogens with one attached hydrogen (secondary N) is 2. The smallest absolute Gasteiger partial charge is 0.273 e. The maximum atomic E-state index is 14.4. The first kappa shape index (κ1) is 17.2. The molecule has 0 aliphatic carbocycles. The summed E-state index contributed by atoms with van der Waals surface area (Å²) in [6.07, 6.45) is 3.91. The van der Waals surface area contributed by atoms with E-state index in [1.54, 1.807) is 0 Å². The molecule has 0 radical (unpaired) electrons. The average Bonchev–Trinajstić information content (AvgIpc) is 2.63. The van der Waals surface area contributed by atoms with Gasteiger partial charge in [-0.2, -0.15) is 0 Å². The molecule has 1 saturated heterocycles. The second kappa shape index (κ2) is 7.10. The number of aromatic nitrogens is 2. The molecule has 0 spiro atoms. The number of nitrogen functional groups attached to an aromatic ring is 1. The van der Waals surface area contributed by atoms with Crippen LogP contribution in [0.1, 0.15) is 28.9 Å². The van der Waals surface area contributed by atoms with Gasteiger partial charge in [0.1, 0.15) is 11.6 Å². The molecular weight excluding hydrogens is 328 g/mol. The van der Waals surface area contributed by atoms with Crippen molar-refractivity contribution in [2.45, 2.75) is 18.3 Å². The van der Waals surface area contributed by atoms with Gasteiger partial charge in [-0.15, -0.1) is 0 Å². The Morgan fingerprint density at radius 2 is 1.96 bits per heavy atom. The summed E-state index contributed by atoms with van der Waals surface area (Å²) in [5, 5.41) is 5.96. The summed E-state index contributed by atoms with van der Waals surface area (Å²) in [6, 6.07) is 3.42. The Labute approximate surface area is 143 Å². The van der Waals surface area contributed by atoms with Gasteiger partial charge in [-0.25, -0.2) is 18.7 Å². The Morgan fingerprint density at radius 3 is 2.68 bits per heavy atom. The molecule has 0 atom stereocenters. The summed E-state index contributed by atoms with van der Waals surface area (Å²) in [5.74, 6) is -1.44. The van der Waals surface area contributed by atoms with Gasteiger partial charge in [0.2, 0.25) is 0 Å². The van der Waals surface area contributed by atoms with Crippen LogP contribution in [0.25, 0.3) is 0 Å². The third-order valence-electron chi connectivity index (χ3n) is 4.59. The van der Waals surface area contributed by atoms with E-state index in [9.17, 15) is 13.6 Å². The molecule has 0 bridgehead atoms. The zero-order valence-electron chi connectivity index (χ0n) is 13.6. The largest absolute Gasteiger partial charge is 0.382 e. The van der Waals surface area contributed by atoms with Crippen molar-refractivity contribution < 1.29 is 13.6 Å².